The van der Waals surface area contributed by atoms with Gasteiger partial charge in [0, 0.05) is 56.7 Å². The van der Waals surface area contributed by atoms with Crippen LogP contribution in [0.1, 0.15) is 40.5 Å². The van der Waals surface area contributed by atoms with E-state index in [4.69, 9.17) is 0 Å². The Kier molecular flexibility index (Phi) is 5.41. The maximum absolute atomic E-state index is 13.1. The number of likely N-dealkylation sites (tertiary alicyclic amines) is 2. The largest absolute Gasteiger partial charge is 0.337 e. The minimum atomic E-state index is 0.0931. The first kappa shape index (κ1) is 20.1. The Morgan fingerprint density at radius 2 is 2.03 bits per heavy atom. The molecule has 8 nitrogen and oxygen atoms in total. The second-order valence-electron chi connectivity index (χ2n) is 8.94. The molecule has 162 valence electrons. The number of hydrogen-bond acceptors (Lipinski definition) is 6. The number of carbonyl (C=O) groups excluding carboxylic acids is 1. The molecule has 0 saturated carbocycles. The SMILES string of the molecule is CN(C)C1CCN(C(=O)c2ccc3nnc(C4CCN(Cc5cccnc5)C4)n3c2)C1. The molecule has 0 bridgehead atoms. The van der Waals surface area contributed by atoms with Crippen molar-refractivity contribution in [1.29, 1.82) is 0 Å². The molecule has 0 radical (unpaired) electrons. The zero-order chi connectivity index (χ0) is 21.4. The molecule has 2 aliphatic heterocycles. The molecular formula is C23H29N7O. The number of rotatable bonds is 5. The molecule has 8 heteroatoms. The van der Waals surface area contributed by atoms with Crippen molar-refractivity contribution in [1.82, 2.24) is 34.3 Å². The van der Waals surface area contributed by atoms with E-state index >= 15 is 0 Å². The zero-order valence-corrected chi connectivity index (χ0v) is 18.2. The van der Waals surface area contributed by atoms with Gasteiger partial charge in [-0.1, -0.05) is 6.07 Å². The highest BCUT2D eigenvalue weighted by Gasteiger charge is 2.30. The Morgan fingerprint density at radius 3 is 2.81 bits per heavy atom. The van der Waals surface area contributed by atoms with E-state index in [9.17, 15) is 4.79 Å². The van der Waals surface area contributed by atoms with Crippen LogP contribution in [-0.4, -0.2) is 86.5 Å². The normalized spacial score (nSPS) is 22.1. The average molecular weight is 420 g/mol. The number of fused-ring (bicyclic) bond motifs is 1. The number of pyridine rings is 2. The first-order valence-corrected chi connectivity index (χ1v) is 11.0. The summed E-state index contributed by atoms with van der Waals surface area (Å²) in [4.78, 5) is 23.9. The lowest BCUT2D eigenvalue weighted by molar-refractivity contribution is 0.0782. The topological polar surface area (TPSA) is 69.9 Å². The first-order valence-electron chi connectivity index (χ1n) is 11.0. The van der Waals surface area contributed by atoms with Crippen molar-refractivity contribution in [3.63, 3.8) is 0 Å². The Hall–Kier alpha value is -2.84. The predicted molar refractivity (Wildman–Crippen MR) is 118 cm³/mol. The molecule has 2 saturated heterocycles. The molecule has 0 N–H and O–H groups in total. The van der Waals surface area contributed by atoms with Crippen LogP contribution in [0.15, 0.2) is 42.9 Å². The van der Waals surface area contributed by atoms with Gasteiger partial charge in [-0.05, 0) is 57.2 Å². The van der Waals surface area contributed by atoms with E-state index < -0.39 is 0 Å². The van der Waals surface area contributed by atoms with Crippen molar-refractivity contribution in [3.8, 4) is 0 Å². The Labute approximate surface area is 182 Å². The molecule has 31 heavy (non-hydrogen) atoms. The van der Waals surface area contributed by atoms with Gasteiger partial charge in [0.05, 0.1) is 5.56 Å². The van der Waals surface area contributed by atoms with Gasteiger partial charge in [0.15, 0.2) is 5.65 Å². The maximum Gasteiger partial charge on any atom is 0.255 e. The highest BCUT2D eigenvalue weighted by molar-refractivity contribution is 5.94. The van der Waals surface area contributed by atoms with Gasteiger partial charge in [0.25, 0.3) is 5.91 Å². The number of hydrogen-bond donors (Lipinski definition) is 0. The van der Waals surface area contributed by atoms with Crippen LogP contribution in [0.4, 0.5) is 0 Å². The molecule has 2 aliphatic rings. The summed E-state index contributed by atoms with van der Waals surface area (Å²) in [5.74, 6) is 1.35. The molecular weight excluding hydrogens is 390 g/mol. The highest BCUT2D eigenvalue weighted by atomic mass is 16.2. The number of nitrogens with zero attached hydrogens (tertiary/aromatic N) is 7. The Bertz CT molecular complexity index is 1060. The second kappa shape index (κ2) is 8.36. The van der Waals surface area contributed by atoms with E-state index in [1.165, 1.54) is 5.56 Å². The van der Waals surface area contributed by atoms with Gasteiger partial charge in [-0.3, -0.25) is 19.1 Å². The predicted octanol–water partition coefficient (Wildman–Crippen LogP) is 1.89. The maximum atomic E-state index is 13.1. The zero-order valence-electron chi connectivity index (χ0n) is 18.2. The number of amides is 1. The van der Waals surface area contributed by atoms with Crippen LogP contribution >= 0.6 is 0 Å². The van der Waals surface area contributed by atoms with Gasteiger partial charge in [-0.25, -0.2) is 0 Å². The number of carbonyl (C=O) groups is 1. The fraction of sp³-hybridized carbons (Fsp3) is 0.478. The lowest BCUT2D eigenvalue weighted by Gasteiger charge is -2.20. The van der Waals surface area contributed by atoms with Crippen LogP contribution in [0, 0.1) is 0 Å². The van der Waals surface area contributed by atoms with E-state index in [1.807, 2.05) is 39.9 Å². The van der Waals surface area contributed by atoms with Gasteiger partial charge < -0.3 is 9.80 Å². The third-order valence-corrected chi connectivity index (χ3v) is 6.62. The quantitative estimate of drug-likeness (QED) is 0.629. The highest BCUT2D eigenvalue weighted by Crippen LogP contribution is 2.28. The second-order valence-corrected chi connectivity index (χ2v) is 8.94. The van der Waals surface area contributed by atoms with E-state index in [0.717, 1.165) is 57.0 Å². The molecule has 2 fully saturated rings. The van der Waals surface area contributed by atoms with Gasteiger partial charge in [0.2, 0.25) is 0 Å². The fourth-order valence-corrected chi connectivity index (χ4v) is 4.78. The van der Waals surface area contributed by atoms with Crippen molar-refractivity contribution < 1.29 is 4.79 Å². The summed E-state index contributed by atoms with van der Waals surface area (Å²) < 4.78 is 2.02. The molecule has 5 heterocycles. The van der Waals surface area contributed by atoms with Crippen LogP contribution < -0.4 is 0 Å². The van der Waals surface area contributed by atoms with Crippen molar-refractivity contribution >= 4 is 11.6 Å². The summed E-state index contributed by atoms with van der Waals surface area (Å²) in [6.07, 6.45) is 7.72. The molecule has 1 amide bonds. The van der Waals surface area contributed by atoms with Gasteiger partial charge in [-0.15, -0.1) is 10.2 Å². The molecule has 2 atom stereocenters. The van der Waals surface area contributed by atoms with Crippen LogP contribution in [0.3, 0.4) is 0 Å². The summed E-state index contributed by atoms with van der Waals surface area (Å²) in [6.45, 7) is 4.44. The number of aromatic nitrogens is 4. The molecule has 2 unspecified atom stereocenters. The Morgan fingerprint density at radius 1 is 1.13 bits per heavy atom. The molecule has 3 aromatic heterocycles. The molecule has 0 aliphatic carbocycles. The van der Waals surface area contributed by atoms with E-state index in [1.54, 1.807) is 6.20 Å². The minimum absolute atomic E-state index is 0.0931. The van der Waals surface area contributed by atoms with E-state index in [0.29, 0.717) is 17.5 Å². The average Bonchev–Trinajstić information content (AvgIpc) is 3.53. The Balaban J connectivity index is 1.32. The van der Waals surface area contributed by atoms with E-state index in [2.05, 4.69) is 45.1 Å². The van der Waals surface area contributed by atoms with Crippen LogP contribution in [0.25, 0.3) is 5.65 Å². The minimum Gasteiger partial charge on any atom is -0.337 e. The smallest absolute Gasteiger partial charge is 0.255 e. The van der Waals surface area contributed by atoms with Crippen molar-refractivity contribution in [2.24, 2.45) is 0 Å². The summed E-state index contributed by atoms with van der Waals surface area (Å²) in [7, 11) is 4.15. The summed E-state index contributed by atoms with van der Waals surface area (Å²) in [5.41, 5.74) is 2.73. The van der Waals surface area contributed by atoms with Crippen molar-refractivity contribution in [2.75, 3.05) is 40.3 Å². The lowest BCUT2D eigenvalue weighted by atomic mass is 10.1. The van der Waals surface area contributed by atoms with Crippen molar-refractivity contribution in [3.05, 3.63) is 59.8 Å². The molecule has 0 aromatic carbocycles. The molecule has 0 spiro atoms. The third-order valence-electron chi connectivity index (χ3n) is 6.62. The van der Waals surface area contributed by atoms with Gasteiger partial charge in [0.1, 0.15) is 5.82 Å². The van der Waals surface area contributed by atoms with Gasteiger partial charge in [-0.2, -0.15) is 0 Å². The first-order chi connectivity index (χ1) is 15.1. The third kappa shape index (κ3) is 4.05. The van der Waals surface area contributed by atoms with E-state index in [-0.39, 0.29) is 5.91 Å². The van der Waals surface area contributed by atoms with Crippen LogP contribution in [-0.2, 0) is 6.54 Å². The molecule has 3 aromatic rings. The van der Waals surface area contributed by atoms with Gasteiger partial charge >= 0.3 is 0 Å². The summed E-state index contributed by atoms with van der Waals surface area (Å²) >= 11 is 0. The van der Waals surface area contributed by atoms with Crippen molar-refractivity contribution in [2.45, 2.75) is 31.3 Å². The summed E-state index contributed by atoms with van der Waals surface area (Å²) in [5, 5.41) is 8.85. The summed E-state index contributed by atoms with van der Waals surface area (Å²) in [6, 6.07) is 8.31. The van der Waals surface area contributed by atoms with Crippen LogP contribution in [0.5, 0.6) is 0 Å². The van der Waals surface area contributed by atoms with Crippen LogP contribution in [0.2, 0.25) is 0 Å². The lowest BCUT2D eigenvalue weighted by Crippen LogP contribution is -2.34. The monoisotopic (exact) mass is 419 g/mol. The molecule has 5 rings (SSSR count). The fourth-order valence-electron chi connectivity index (χ4n) is 4.78. The number of likely N-dealkylation sites (N-methyl/N-ethyl adjacent to an activating group) is 1. The standard InChI is InChI=1S/C23H29N7O/c1-27(2)20-8-11-29(16-20)23(31)19-5-6-21-25-26-22(30(21)15-19)18-7-10-28(14-18)13-17-4-3-9-24-12-17/h3-6,9,12,15,18,20H,7-8,10-11,13-14,16H2,1-2H3.